The summed E-state index contributed by atoms with van der Waals surface area (Å²) in [7, 11) is 0. The largest absolute Gasteiger partial charge is 0.361 e. The maximum atomic E-state index is 5.72. The Morgan fingerprint density at radius 2 is 1.83 bits per heavy atom. The standard InChI is InChI=1S/C27H33N7S2/c1-20-10-5-8-17-34(20)22-18-23(36-26-28-15-9-16-29-26)32-24(31-22)33-25(35)30-19-27(13-6-7-14-27)21-11-3-2-4-12-21/h2-4,9,11-12,15-16,18,20H,5-8,10,13-14,17,19H2,1H3,(H2,30,31,32,33,35)/t20-/m1/s1. The number of hydrogen-bond donors (Lipinski definition) is 2. The Labute approximate surface area is 222 Å². The van der Waals surface area contributed by atoms with Crippen molar-refractivity contribution in [2.24, 2.45) is 0 Å². The molecule has 0 radical (unpaired) electrons. The number of nitrogens with one attached hydrogen (secondary N) is 2. The first-order valence-electron chi connectivity index (χ1n) is 12.8. The molecule has 1 aliphatic carbocycles. The monoisotopic (exact) mass is 519 g/mol. The van der Waals surface area contributed by atoms with E-state index < -0.39 is 0 Å². The zero-order chi connectivity index (χ0) is 24.8. The molecule has 3 heterocycles. The molecule has 7 nitrogen and oxygen atoms in total. The van der Waals surface area contributed by atoms with Gasteiger partial charge in [-0.2, -0.15) is 4.98 Å². The van der Waals surface area contributed by atoms with Crippen LogP contribution in [0.2, 0.25) is 0 Å². The van der Waals surface area contributed by atoms with E-state index in [1.807, 2.05) is 12.1 Å². The molecular weight excluding hydrogens is 486 g/mol. The Bertz CT molecular complexity index is 1150. The van der Waals surface area contributed by atoms with Gasteiger partial charge in [0.1, 0.15) is 10.8 Å². The van der Waals surface area contributed by atoms with Gasteiger partial charge in [-0.3, -0.25) is 0 Å². The Kier molecular flexibility index (Phi) is 7.96. The third-order valence-electron chi connectivity index (χ3n) is 7.28. The quantitative estimate of drug-likeness (QED) is 0.236. The van der Waals surface area contributed by atoms with Crippen LogP contribution in [0.15, 0.2) is 65.0 Å². The van der Waals surface area contributed by atoms with Crippen LogP contribution in [0, 0.1) is 0 Å². The molecule has 1 saturated carbocycles. The van der Waals surface area contributed by atoms with Crippen molar-refractivity contribution >= 4 is 40.9 Å². The van der Waals surface area contributed by atoms with Gasteiger partial charge in [-0.25, -0.2) is 15.0 Å². The van der Waals surface area contributed by atoms with E-state index >= 15 is 0 Å². The van der Waals surface area contributed by atoms with E-state index in [4.69, 9.17) is 22.2 Å². The second-order valence-electron chi connectivity index (χ2n) is 9.72. The molecule has 188 valence electrons. The molecular formula is C27H33N7S2. The van der Waals surface area contributed by atoms with Crippen LogP contribution in [-0.4, -0.2) is 44.2 Å². The molecule has 5 rings (SSSR count). The summed E-state index contributed by atoms with van der Waals surface area (Å²) in [5, 5.41) is 8.76. The van der Waals surface area contributed by atoms with Crippen molar-refractivity contribution in [3.63, 3.8) is 0 Å². The summed E-state index contributed by atoms with van der Waals surface area (Å²) in [6, 6.07) is 15.1. The molecule has 36 heavy (non-hydrogen) atoms. The number of nitrogens with zero attached hydrogens (tertiary/aromatic N) is 5. The summed E-state index contributed by atoms with van der Waals surface area (Å²) in [5.41, 5.74) is 1.50. The van der Waals surface area contributed by atoms with E-state index in [0.717, 1.165) is 23.9 Å². The van der Waals surface area contributed by atoms with Gasteiger partial charge in [-0.1, -0.05) is 43.2 Å². The van der Waals surface area contributed by atoms with Gasteiger partial charge in [-0.15, -0.1) is 0 Å². The fourth-order valence-electron chi connectivity index (χ4n) is 5.34. The predicted molar refractivity (Wildman–Crippen MR) is 150 cm³/mol. The molecule has 0 amide bonds. The minimum Gasteiger partial charge on any atom is -0.361 e. The maximum absolute atomic E-state index is 5.72. The topological polar surface area (TPSA) is 78.9 Å². The number of piperidine rings is 1. The first-order chi connectivity index (χ1) is 17.6. The van der Waals surface area contributed by atoms with Crippen molar-refractivity contribution in [2.45, 2.75) is 73.5 Å². The molecule has 1 aliphatic heterocycles. The fraction of sp³-hybridized carbons (Fsp3) is 0.444. The molecule has 0 bridgehead atoms. The first kappa shape index (κ1) is 24.9. The third-order valence-corrected chi connectivity index (χ3v) is 8.34. The molecule has 0 unspecified atom stereocenters. The van der Waals surface area contributed by atoms with Crippen LogP contribution in [0.4, 0.5) is 11.8 Å². The zero-order valence-electron chi connectivity index (χ0n) is 20.7. The maximum Gasteiger partial charge on any atom is 0.232 e. The lowest BCUT2D eigenvalue weighted by Crippen LogP contribution is -2.41. The van der Waals surface area contributed by atoms with Crippen molar-refractivity contribution in [1.29, 1.82) is 0 Å². The van der Waals surface area contributed by atoms with Gasteiger partial charge in [-0.05, 0) is 74.6 Å². The summed E-state index contributed by atoms with van der Waals surface area (Å²) >= 11 is 7.15. The van der Waals surface area contributed by atoms with Crippen LogP contribution in [0.1, 0.15) is 57.4 Å². The molecule has 2 N–H and O–H groups in total. The fourth-order valence-corrected chi connectivity index (χ4v) is 6.22. The average Bonchev–Trinajstić information content (AvgIpc) is 3.39. The van der Waals surface area contributed by atoms with E-state index in [0.29, 0.717) is 22.3 Å². The highest BCUT2D eigenvalue weighted by Crippen LogP contribution is 2.40. The minimum absolute atomic E-state index is 0.116. The van der Waals surface area contributed by atoms with Gasteiger partial charge >= 0.3 is 0 Å². The van der Waals surface area contributed by atoms with E-state index in [-0.39, 0.29) is 5.41 Å². The van der Waals surface area contributed by atoms with Crippen LogP contribution in [0.3, 0.4) is 0 Å². The van der Waals surface area contributed by atoms with E-state index in [9.17, 15) is 0 Å². The SMILES string of the molecule is C[C@@H]1CCCCN1c1cc(Sc2ncccn2)nc(NC(=S)NCC2(c3ccccc3)CCCC2)n1. The smallest absolute Gasteiger partial charge is 0.232 e. The summed E-state index contributed by atoms with van der Waals surface area (Å²) in [6.07, 6.45) is 11.9. The van der Waals surface area contributed by atoms with E-state index in [1.54, 1.807) is 12.4 Å². The van der Waals surface area contributed by atoms with Gasteiger partial charge in [0.25, 0.3) is 0 Å². The molecule has 1 aromatic carbocycles. The molecule has 2 aromatic heterocycles. The molecule has 0 spiro atoms. The van der Waals surface area contributed by atoms with Crippen molar-refractivity contribution in [3.05, 3.63) is 60.4 Å². The van der Waals surface area contributed by atoms with E-state index in [2.05, 4.69) is 62.8 Å². The Morgan fingerprint density at radius 1 is 1.06 bits per heavy atom. The third kappa shape index (κ3) is 5.95. The second kappa shape index (κ2) is 11.5. The van der Waals surface area contributed by atoms with Crippen LogP contribution in [-0.2, 0) is 5.41 Å². The number of anilines is 2. The first-order valence-corrected chi connectivity index (χ1v) is 14.0. The number of rotatable bonds is 7. The van der Waals surface area contributed by atoms with Crippen molar-refractivity contribution < 1.29 is 0 Å². The predicted octanol–water partition coefficient (Wildman–Crippen LogP) is 5.60. The molecule has 3 aromatic rings. The van der Waals surface area contributed by atoms with Crippen molar-refractivity contribution in [2.75, 3.05) is 23.3 Å². The van der Waals surface area contributed by atoms with Crippen LogP contribution in [0.25, 0.3) is 0 Å². The molecule has 1 atom stereocenters. The Balaban J connectivity index is 1.33. The average molecular weight is 520 g/mol. The second-order valence-corrected chi connectivity index (χ2v) is 11.1. The lowest BCUT2D eigenvalue weighted by atomic mass is 9.79. The van der Waals surface area contributed by atoms with Crippen LogP contribution >= 0.6 is 24.0 Å². The Hall–Kier alpha value is -2.78. The molecule has 9 heteroatoms. The summed E-state index contributed by atoms with van der Waals surface area (Å²) in [6.45, 7) is 4.05. The molecule has 2 fully saturated rings. The number of aromatic nitrogens is 4. The van der Waals surface area contributed by atoms with Gasteiger partial charge in [0, 0.05) is 43.0 Å². The number of hydrogen-bond acceptors (Lipinski definition) is 7. The summed E-state index contributed by atoms with van der Waals surface area (Å²) in [5.74, 6) is 1.42. The normalized spacial score (nSPS) is 19.1. The van der Waals surface area contributed by atoms with Gasteiger partial charge in [0.2, 0.25) is 5.95 Å². The zero-order valence-corrected chi connectivity index (χ0v) is 22.3. The lowest BCUT2D eigenvalue weighted by molar-refractivity contribution is 0.435. The number of benzene rings is 1. The summed E-state index contributed by atoms with van der Waals surface area (Å²) < 4.78 is 0. The minimum atomic E-state index is 0.116. The number of thiocarbonyl (C=S) groups is 1. The highest BCUT2D eigenvalue weighted by Gasteiger charge is 2.35. The van der Waals surface area contributed by atoms with Crippen molar-refractivity contribution in [3.8, 4) is 0 Å². The molecule has 2 aliphatic rings. The van der Waals surface area contributed by atoms with Crippen molar-refractivity contribution in [1.82, 2.24) is 25.3 Å². The van der Waals surface area contributed by atoms with Gasteiger partial charge in [0.05, 0.1) is 0 Å². The highest BCUT2D eigenvalue weighted by molar-refractivity contribution is 7.99. The van der Waals surface area contributed by atoms with E-state index in [1.165, 1.54) is 62.3 Å². The lowest BCUT2D eigenvalue weighted by Gasteiger charge is -2.34. The van der Waals surface area contributed by atoms with Crippen LogP contribution in [0.5, 0.6) is 0 Å². The molecule has 1 saturated heterocycles. The van der Waals surface area contributed by atoms with Gasteiger partial charge < -0.3 is 15.5 Å². The Morgan fingerprint density at radius 3 is 2.58 bits per heavy atom. The highest BCUT2D eigenvalue weighted by atomic mass is 32.2. The van der Waals surface area contributed by atoms with Crippen LogP contribution < -0.4 is 15.5 Å². The summed E-state index contributed by atoms with van der Waals surface area (Å²) in [4.78, 5) is 20.7. The van der Waals surface area contributed by atoms with Gasteiger partial charge in [0.15, 0.2) is 10.3 Å².